The highest BCUT2D eigenvalue weighted by atomic mass is 32.2. The van der Waals surface area contributed by atoms with Crippen molar-refractivity contribution in [1.82, 2.24) is 4.90 Å². The van der Waals surface area contributed by atoms with E-state index in [1.54, 1.807) is 46.4 Å². The molecule has 0 aromatic carbocycles. The van der Waals surface area contributed by atoms with Gasteiger partial charge in [0.15, 0.2) is 22.7 Å². The van der Waals surface area contributed by atoms with E-state index < -0.39 is 56.4 Å². The summed E-state index contributed by atoms with van der Waals surface area (Å²) in [6.45, 7) is 32.6. The minimum Gasteiger partial charge on any atom is -0.459 e. The first-order valence-electron chi connectivity index (χ1n) is 14.4. The molecule has 0 aromatic heterocycles. The van der Waals surface area contributed by atoms with Crippen LogP contribution in [0.25, 0.3) is 0 Å². The number of hydrogen-bond acceptors (Lipinski definition) is 9. The van der Waals surface area contributed by atoms with Crippen LogP contribution < -0.4 is 0 Å². The molecule has 0 aliphatic heterocycles. The van der Waals surface area contributed by atoms with E-state index in [1.165, 1.54) is 0 Å². The molecule has 12 heteroatoms. The predicted octanol–water partition coefficient (Wildman–Crippen LogP) is 6.60. The summed E-state index contributed by atoms with van der Waals surface area (Å²) in [5.41, 5.74) is -1.78. The number of aliphatic hydroxyl groups excluding tert-OH is 1. The summed E-state index contributed by atoms with van der Waals surface area (Å²) in [7, 11) is -4.14. The van der Waals surface area contributed by atoms with E-state index in [2.05, 4.69) is 67.7 Å². The highest BCUT2D eigenvalue weighted by Crippen LogP contribution is 2.37. The SMILES string of the molecule is CC(C)(C)OC(=O)[C@H](O)[C@@H](SC(=O)N(CCO[Si](C)(C)C(C)(C)C)CCO[Si](C)(C)C(C)(C)C)C(=O)OC(C)(C)C. The zero-order chi connectivity index (χ0) is 32.8. The molecule has 0 fully saturated rings. The Morgan fingerprint density at radius 1 is 0.683 bits per heavy atom. The summed E-state index contributed by atoms with van der Waals surface area (Å²) in [5, 5.41) is 8.88. The number of rotatable bonds is 12. The van der Waals surface area contributed by atoms with Crippen LogP contribution in [0.5, 0.6) is 0 Å². The number of esters is 2. The molecule has 1 N–H and O–H groups in total. The minimum atomic E-state index is -2.07. The van der Waals surface area contributed by atoms with Gasteiger partial charge in [-0.1, -0.05) is 41.5 Å². The third-order valence-corrected chi connectivity index (χ3v) is 17.6. The average Bonchev–Trinajstić information content (AvgIpc) is 2.71. The van der Waals surface area contributed by atoms with E-state index in [0.29, 0.717) is 25.0 Å². The van der Waals surface area contributed by atoms with E-state index in [-0.39, 0.29) is 23.2 Å². The maximum atomic E-state index is 13.7. The highest BCUT2D eigenvalue weighted by Gasteiger charge is 2.42. The molecule has 0 bridgehead atoms. The fourth-order valence-electron chi connectivity index (χ4n) is 2.82. The molecule has 0 radical (unpaired) electrons. The lowest BCUT2D eigenvalue weighted by molar-refractivity contribution is -0.171. The van der Waals surface area contributed by atoms with Crippen LogP contribution >= 0.6 is 11.8 Å². The number of ether oxygens (including phenoxy) is 2. The Morgan fingerprint density at radius 3 is 1.34 bits per heavy atom. The van der Waals surface area contributed by atoms with E-state index in [9.17, 15) is 19.5 Å². The Hall–Kier alpha value is -0.926. The fourth-order valence-corrected chi connectivity index (χ4v) is 5.82. The molecule has 41 heavy (non-hydrogen) atoms. The standard InChI is InChI=1S/C29H59NO8SSi2/c1-26(2,3)37-23(32)21(31)22(24(33)38-27(4,5)6)39-25(34)30(17-19-35-40(13,14)28(7,8)9)18-20-36-41(15,16)29(10,11)12/h21-22,31H,17-20H2,1-16H3/t21-,22-/m1/s1. The second kappa shape index (κ2) is 14.7. The average molecular weight is 638 g/mol. The van der Waals surface area contributed by atoms with Crippen molar-refractivity contribution >= 4 is 45.6 Å². The number of aliphatic hydroxyl groups is 1. The molecule has 0 spiro atoms. The first kappa shape index (κ1) is 40.1. The van der Waals surface area contributed by atoms with Crippen LogP contribution in [0.4, 0.5) is 4.79 Å². The van der Waals surface area contributed by atoms with Gasteiger partial charge in [0.2, 0.25) is 0 Å². The van der Waals surface area contributed by atoms with Gasteiger partial charge in [0, 0.05) is 13.1 Å². The van der Waals surface area contributed by atoms with Gasteiger partial charge in [-0.3, -0.25) is 9.59 Å². The lowest BCUT2D eigenvalue weighted by Crippen LogP contribution is -2.47. The second-order valence-electron chi connectivity index (χ2n) is 15.5. The van der Waals surface area contributed by atoms with Crippen molar-refractivity contribution in [3.05, 3.63) is 0 Å². The minimum absolute atomic E-state index is 0.00136. The van der Waals surface area contributed by atoms with Crippen LogP contribution in [0.2, 0.25) is 36.3 Å². The van der Waals surface area contributed by atoms with Crippen molar-refractivity contribution in [3.8, 4) is 0 Å². The molecule has 0 aliphatic carbocycles. The maximum absolute atomic E-state index is 13.7. The van der Waals surface area contributed by atoms with Crippen LogP contribution in [0, 0.1) is 0 Å². The lowest BCUT2D eigenvalue weighted by atomic mass is 10.1. The van der Waals surface area contributed by atoms with E-state index >= 15 is 0 Å². The third kappa shape index (κ3) is 14.4. The Kier molecular flexibility index (Phi) is 14.4. The molecule has 0 saturated heterocycles. The van der Waals surface area contributed by atoms with Crippen molar-refractivity contribution in [2.45, 2.75) is 142 Å². The van der Waals surface area contributed by atoms with Crippen LogP contribution in [0.15, 0.2) is 0 Å². The maximum Gasteiger partial charge on any atom is 0.337 e. The van der Waals surface area contributed by atoms with Crippen molar-refractivity contribution in [1.29, 1.82) is 0 Å². The zero-order valence-electron chi connectivity index (χ0n) is 28.6. The van der Waals surface area contributed by atoms with Gasteiger partial charge >= 0.3 is 11.9 Å². The molecular formula is C29H59NO8SSi2. The highest BCUT2D eigenvalue weighted by molar-refractivity contribution is 8.14. The molecule has 0 aromatic rings. The predicted molar refractivity (Wildman–Crippen MR) is 172 cm³/mol. The van der Waals surface area contributed by atoms with Gasteiger partial charge in [-0.25, -0.2) is 4.79 Å². The summed E-state index contributed by atoms with van der Waals surface area (Å²) < 4.78 is 23.4. The van der Waals surface area contributed by atoms with Gasteiger partial charge in [-0.2, -0.15) is 0 Å². The van der Waals surface area contributed by atoms with Crippen LogP contribution in [-0.2, 0) is 27.9 Å². The van der Waals surface area contributed by atoms with Gasteiger partial charge in [0.05, 0.1) is 13.2 Å². The zero-order valence-corrected chi connectivity index (χ0v) is 31.5. The number of carbonyl (C=O) groups is 3. The Bertz CT molecular complexity index is 851. The normalized spacial score (nSPS) is 15.2. The molecule has 0 aliphatic rings. The molecule has 1 amide bonds. The number of thioether (sulfide) groups is 1. The number of carbonyl (C=O) groups excluding carboxylic acids is 3. The molecule has 242 valence electrons. The molecule has 0 rings (SSSR count). The monoisotopic (exact) mass is 637 g/mol. The van der Waals surface area contributed by atoms with Crippen LogP contribution in [0.3, 0.4) is 0 Å². The lowest BCUT2D eigenvalue weighted by Gasteiger charge is -2.38. The van der Waals surface area contributed by atoms with Crippen LogP contribution in [0.1, 0.15) is 83.1 Å². The first-order valence-corrected chi connectivity index (χ1v) is 21.1. The quantitative estimate of drug-likeness (QED) is 0.187. The number of nitrogens with zero attached hydrogens (tertiary/aromatic N) is 1. The Labute approximate surface area is 256 Å². The summed E-state index contributed by atoms with van der Waals surface area (Å²) in [6.07, 6.45) is -1.90. The Balaban J connectivity index is 6.04. The first-order chi connectivity index (χ1) is 18.0. The molecule has 0 saturated carbocycles. The van der Waals surface area contributed by atoms with Gasteiger partial charge in [0.1, 0.15) is 16.5 Å². The van der Waals surface area contributed by atoms with Crippen molar-refractivity contribution in [2.75, 3.05) is 26.3 Å². The molecule has 2 atom stereocenters. The van der Waals surface area contributed by atoms with E-state index in [1.807, 2.05) is 0 Å². The molecule has 9 nitrogen and oxygen atoms in total. The number of amides is 1. The van der Waals surface area contributed by atoms with E-state index in [0.717, 1.165) is 0 Å². The summed E-state index contributed by atoms with van der Waals surface area (Å²) >= 11 is 0.564. The summed E-state index contributed by atoms with van der Waals surface area (Å²) in [4.78, 5) is 41.1. The smallest absolute Gasteiger partial charge is 0.337 e. The number of hydrogen-bond donors (Lipinski definition) is 1. The fraction of sp³-hybridized carbons (Fsp3) is 0.897. The summed E-state index contributed by atoms with van der Waals surface area (Å²) in [6, 6.07) is 0. The topological polar surface area (TPSA) is 112 Å². The largest absolute Gasteiger partial charge is 0.459 e. The summed E-state index contributed by atoms with van der Waals surface area (Å²) in [5.74, 6) is -1.87. The van der Waals surface area contributed by atoms with Crippen molar-refractivity contribution < 1.29 is 37.8 Å². The molecule has 0 unspecified atom stereocenters. The van der Waals surface area contributed by atoms with Gasteiger partial charge in [0.25, 0.3) is 5.24 Å². The second-order valence-corrected chi connectivity index (χ2v) is 26.2. The molecular weight excluding hydrogens is 579 g/mol. The van der Waals surface area contributed by atoms with Crippen molar-refractivity contribution in [2.24, 2.45) is 0 Å². The van der Waals surface area contributed by atoms with Gasteiger partial charge in [-0.05, 0) is 89.6 Å². The van der Waals surface area contributed by atoms with Gasteiger partial charge in [-0.15, -0.1) is 0 Å². The van der Waals surface area contributed by atoms with Crippen molar-refractivity contribution in [3.63, 3.8) is 0 Å². The van der Waals surface area contributed by atoms with Crippen LogP contribution in [-0.4, -0.2) is 92.7 Å². The van der Waals surface area contributed by atoms with E-state index in [4.69, 9.17) is 18.3 Å². The Morgan fingerprint density at radius 2 is 1.02 bits per heavy atom. The third-order valence-electron chi connectivity index (χ3n) is 7.32. The molecule has 0 heterocycles. The van der Waals surface area contributed by atoms with Gasteiger partial charge < -0.3 is 28.3 Å².